The third-order valence-corrected chi connectivity index (χ3v) is 2.20. The molecule has 2 nitrogen and oxygen atoms in total. The third-order valence-electron chi connectivity index (χ3n) is 2.20. The molecule has 17 heavy (non-hydrogen) atoms. The van der Waals surface area contributed by atoms with Gasteiger partial charge in [-0.2, -0.15) is 0 Å². The average molecular weight is 231 g/mol. The van der Waals surface area contributed by atoms with Crippen LogP contribution >= 0.6 is 0 Å². The predicted molar refractivity (Wildman–Crippen MR) is 71.8 cm³/mol. The predicted octanol–water partition coefficient (Wildman–Crippen LogP) is 2.88. The lowest BCUT2D eigenvalue weighted by Crippen LogP contribution is -2.04. The third kappa shape index (κ3) is 4.93. The van der Waals surface area contributed by atoms with Gasteiger partial charge in [0, 0.05) is 17.5 Å². The number of hydrogen-bond acceptors (Lipinski definition) is 2. The highest BCUT2D eigenvalue weighted by molar-refractivity contribution is 5.37. The van der Waals surface area contributed by atoms with Gasteiger partial charge in [-0.25, -0.2) is 0 Å². The first-order chi connectivity index (χ1) is 7.92. The smallest absolute Gasteiger partial charge is 0.149 e. The number of ether oxygens (including phenoxy) is 1. The van der Waals surface area contributed by atoms with Crippen molar-refractivity contribution in [2.24, 2.45) is 11.1 Å². The molecule has 0 spiro atoms. The second kappa shape index (κ2) is 5.75. The van der Waals surface area contributed by atoms with Crippen LogP contribution in [0, 0.1) is 24.2 Å². The first-order valence-electron chi connectivity index (χ1n) is 5.85. The minimum atomic E-state index is 0.0212. The Morgan fingerprint density at radius 1 is 1.29 bits per heavy atom. The van der Waals surface area contributed by atoms with Crippen LogP contribution in [0.15, 0.2) is 18.2 Å². The Morgan fingerprint density at radius 2 is 2.00 bits per heavy atom. The van der Waals surface area contributed by atoms with Crippen LogP contribution in [-0.4, -0.2) is 6.61 Å². The van der Waals surface area contributed by atoms with Gasteiger partial charge in [0.05, 0.1) is 0 Å². The van der Waals surface area contributed by atoms with Crippen LogP contribution in [0.2, 0.25) is 0 Å². The highest BCUT2D eigenvalue weighted by Gasteiger charge is 2.04. The van der Waals surface area contributed by atoms with E-state index in [-0.39, 0.29) is 5.41 Å². The summed E-state index contributed by atoms with van der Waals surface area (Å²) in [4.78, 5) is 0. The van der Waals surface area contributed by atoms with Gasteiger partial charge in [0.15, 0.2) is 0 Å². The number of nitrogens with two attached hydrogens (primary N) is 1. The molecular weight excluding hydrogens is 210 g/mol. The molecule has 0 saturated heterocycles. The van der Waals surface area contributed by atoms with E-state index in [0.29, 0.717) is 13.2 Å². The lowest BCUT2D eigenvalue weighted by molar-refractivity contribution is 0.365. The van der Waals surface area contributed by atoms with Gasteiger partial charge in [0.25, 0.3) is 0 Å². The average Bonchev–Trinajstić information content (AvgIpc) is 2.24. The molecule has 0 fully saturated rings. The van der Waals surface area contributed by atoms with Crippen LogP contribution < -0.4 is 10.5 Å². The Hall–Kier alpha value is -1.46. The summed E-state index contributed by atoms with van der Waals surface area (Å²) in [7, 11) is 0. The van der Waals surface area contributed by atoms with Gasteiger partial charge < -0.3 is 10.5 Å². The van der Waals surface area contributed by atoms with E-state index in [1.54, 1.807) is 0 Å². The molecule has 0 aliphatic heterocycles. The molecular formula is C15H21NO. The molecule has 1 aromatic rings. The van der Waals surface area contributed by atoms with Gasteiger partial charge in [-0.1, -0.05) is 29.5 Å². The van der Waals surface area contributed by atoms with E-state index >= 15 is 0 Å². The van der Waals surface area contributed by atoms with Crippen LogP contribution in [0.5, 0.6) is 5.75 Å². The van der Waals surface area contributed by atoms with Crippen molar-refractivity contribution < 1.29 is 4.74 Å². The summed E-state index contributed by atoms with van der Waals surface area (Å²) in [6.45, 7) is 9.19. The first-order valence-corrected chi connectivity index (χ1v) is 5.85. The molecule has 92 valence electrons. The number of benzene rings is 1. The fraction of sp³-hybridized carbons (Fsp3) is 0.467. The van der Waals surface area contributed by atoms with Crippen molar-refractivity contribution >= 4 is 0 Å². The topological polar surface area (TPSA) is 35.2 Å². The van der Waals surface area contributed by atoms with E-state index in [1.165, 1.54) is 5.56 Å². The van der Waals surface area contributed by atoms with E-state index in [2.05, 4.69) is 32.6 Å². The van der Waals surface area contributed by atoms with Gasteiger partial charge in [-0.15, -0.1) is 0 Å². The van der Waals surface area contributed by atoms with E-state index in [1.807, 2.05) is 25.1 Å². The number of aryl methyl sites for hydroxylation is 1. The summed E-state index contributed by atoms with van der Waals surface area (Å²) in [5, 5.41) is 0. The summed E-state index contributed by atoms with van der Waals surface area (Å²) in [5.41, 5.74) is 7.92. The largest absolute Gasteiger partial charge is 0.481 e. The van der Waals surface area contributed by atoms with E-state index in [0.717, 1.165) is 11.3 Å². The Labute approximate surface area is 104 Å². The standard InChI is InChI=1S/C15H21NO/c1-12-6-7-14(13(10-12)11-16)17-9-5-8-15(2,3)4/h6-7,10H,9,11,16H2,1-4H3. The van der Waals surface area contributed by atoms with Crippen molar-refractivity contribution in [3.63, 3.8) is 0 Å². The van der Waals surface area contributed by atoms with Gasteiger partial charge >= 0.3 is 0 Å². The summed E-state index contributed by atoms with van der Waals surface area (Å²) >= 11 is 0. The SMILES string of the molecule is Cc1ccc(OCC#CC(C)(C)C)c(CN)c1. The molecule has 0 aliphatic rings. The molecule has 0 aromatic heterocycles. The monoisotopic (exact) mass is 231 g/mol. The zero-order valence-corrected chi connectivity index (χ0v) is 11.1. The molecule has 0 amide bonds. The highest BCUT2D eigenvalue weighted by Crippen LogP contribution is 2.19. The number of rotatable bonds is 3. The molecule has 0 atom stereocenters. The normalized spacial score (nSPS) is 10.6. The molecule has 2 N–H and O–H groups in total. The van der Waals surface area contributed by atoms with Crippen molar-refractivity contribution in [1.82, 2.24) is 0 Å². The maximum absolute atomic E-state index is 5.68. The maximum Gasteiger partial charge on any atom is 0.149 e. The Kier molecular flexibility index (Phi) is 4.60. The molecule has 0 saturated carbocycles. The molecule has 1 rings (SSSR count). The summed E-state index contributed by atoms with van der Waals surface area (Å²) in [6.07, 6.45) is 0. The molecule has 2 heteroatoms. The number of hydrogen-bond donors (Lipinski definition) is 1. The van der Waals surface area contributed by atoms with Crippen LogP contribution in [0.4, 0.5) is 0 Å². The zero-order chi connectivity index (χ0) is 12.9. The first kappa shape index (κ1) is 13.6. The summed E-state index contributed by atoms with van der Waals surface area (Å²) < 4.78 is 5.62. The molecule has 0 radical (unpaired) electrons. The van der Waals surface area contributed by atoms with Crippen molar-refractivity contribution in [3.05, 3.63) is 29.3 Å². The Morgan fingerprint density at radius 3 is 2.59 bits per heavy atom. The minimum Gasteiger partial charge on any atom is -0.481 e. The quantitative estimate of drug-likeness (QED) is 0.812. The molecule has 0 bridgehead atoms. The summed E-state index contributed by atoms with van der Waals surface area (Å²) in [5.74, 6) is 7.00. The van der Waals surface area contributed by atoms with Crippen LogP contribution in [-0.2, 0) is 6.54 Å². The maximum atomic E-state index is 5.68. The van der Waals surface area contributed by atoms with Gasteiger partial charge in [0.1, 0.15) is 12.4 Å². The molecule has 0 unspecified atom stereocenters. The Bertz CT molecular complexity index is 432. The summed E-state index contributed by atoms with van der Waals surface area (Å²) in [6, 6.07) is 6.02. The van der Waals surface area contributed by atoms with Crippen LogP contribution in [0.1, 0.15) is 31.9 Å². The molecule has 0 aliphatic carbocycles. The molecule has 0 heterocycles. The minimum absolute atomic E-state index is 0.0212. The fourth-order valence-corrected chi connectivity index (χ4v) is 1.42. The zero-order valence-electron chi connectivity index (χ0n) is 11.1. The lowest BCUT2D eigenvalue weighted by atomic mass is 9.98. The van der Waals surface area contributed by atoms with Crippen LogP contribution in [0.25, 0.3) is 0 Å². The second-order valence-electron chi connectivity index (χ2n) is 5.16. The van der Waals surface area contributed by atoms with Crippen molar-refractivity contribution in [1.29, 1.82) is 0 Å². The van der Waals surface area contributed by atoms with Crippen molar-refractivity contribution in [3.8, 4) is 17.6 Å². The lowest BCUT2D eigenvalue weighted by Gasteiger charge is -2.10. The van der Waals surface area contributed by atoms with Crippen molar-refractivity contribution in [2.45, 2.75) is 34.2 Å². The second-order valence-corrected chi connectivity index (χ2v) is 5.16. The van der Waals surface area contributed by atoms with Gasteiger partial charge in [-0.05, 0) is 33.8 Å². The fourth-order valence-electron chi connectivity index (χ4n) is 1.42. The van der Waals surface area contributed by atoms with Gasteiger partial charge in [0.2, 0.25) is 0 Å². The van der Waals surface area contributed by atoms with E-state index in [4.69, 9.17) is 10.5 Å². The highest BCUT2D eigenvalue weighted by atomic mass is 16.5. The van der Waals surface area contributed by atoms with Crippen molar-refractivity contribution in [2.75, 3.05) is 6.61 Å². The van der Waals surface area contributed by atoms with E-state index < -0.39 is 0 Å². The van der Waals surface area contributed by atoms with Crippen LogP contribution in [0.3, 0.4) is 0 Å². The Balaban J connectivity index is 2.66. The van der Waals surface area contributed by atoms with E-state index in [9.17, 15) is 0 Å². The molecule has 1 aromatic carbocycles. The van der Waals surface area contributed by atoms with Gasteiger partial charge in [-0.3, -0.25) is 0 Å².